The van der Waals surface area contributed by atoms with Crippen LogP contribution >= 0.6 is 0 Å². The van der Waals surface area contributed by atoms with E-state index in [2.05, 4.69) is 50.7 Å². The van der Waals surface area contributed by atoms with Gasteiger partial charge in [-0.15, -0.1) is 0 Å². The number of rotatable bonds is 9. The highest BCUT2D eigenvalue weighted by Crippen LogP contribution is 2.31. The quantitative estimate of drug-likeness (QED) is 0.263. The summed E-state index contributed by atoms with van der Waals surface area (Å²) in [5.74, 6) is 0.838. The number of nitrogens with zero attached hydrogens (tertiary/aromatic N) is 4. The third kappa shape index (κ3) is 6.64. The Morgan fingerprint density at radius 1 is 1.05 bits per heavy atom. The van der Waals surface area contributed by atoms with E-state index in [-0.39, 0.29) is 18.0 Å². The molecule has 9 heteroatoms. The predicted molar refractivity (Wildman–Crippen MR) is 168 cm³/mol. The highest BCUT2D eigenvalue weighted by molar-refractivity contribution is 6.04. The van der Waals surface area contributed by atoms with Crippen molar-refractivity contribution in [3.8, 4) is 0 Å². The molecule has 42 heavy (non-hydrogen) atoms. The number of hydrogen-bond donors (Lipinski definition) is 2. The van der Waals surface area contributed by atoms with Crippen LogP contribution in [0.1, 0.15) is 48.0 Å². The Kier molecular flexibility index (Phi) is 9.19. The molecule has 4 aromatic rings. The van der Waals surface area contributed by atoms with E-state index in [1.54, 1.807) is 31.1 Å². The van der Waals surface area contributed by atoms with Gasteiger partial charge >= 0.3 is 6.03 Å². The Bertz CT molecular complexity index is 1520. The van der Waals surface area contributed by atoms with Crippen LogP contribution < -0.4 is 15.5 Å². The number of fused-ring (bicyclic) bond motifs is 1. The second-order valence-electron chi connectivity index (χ2n) is 11.0. The van der Waals surface area contributed by atoms with E-state index in [1.807, 2.05) is 49.4 Å². The summed E-state index contributed by atoms with van der Waals surface area (Å²) in [6, 6.07) is 19.6. The van der Waals surface area contributed by atoms with Crippen LogP contribution in [0.15, 0.2) is 73.1 Å². The van der Waals surface area contributed by atoms with Gasteiger partial charge in [0.1, 0.15) is 5.82 Å². The third-order valence-electron chi connectivity index (χ3n) is 8.24. The fourth-order valence-electron chi connectivity index (χ4n) is 5.52. The van der Waals surface area contributed by atoms with Gasteiger partial charge < -0.3 is 25.2 Å². The molecule has 2 aromatic carbocycles. The molecule has 1 atom stereocenters. The van der Waals surface area contributed by atoms with Crippen LogP contribution in [0.3, 0.4) is 0 Å². The molecule has 0 aliphatic carbocycles. The van der Waals surface area contributed by atoms with Gasteiger partial charge in [0.2, 0.25) is 0 Å². The lowest BCUT2D eigenvalue weighted by Crippen LogP contribution is -2.29. The van der Waals surface area contributed by atoms with E-state index in [0.29, 0.717) is 23.8 Å². The Morgan fingerprint density at radius 3 is 2.50 bits per heavy atom. The molecule has 2 aromatic heterocycles. The molecule has 0 saturated carbocycles. The van der Waals surface area contributed by atoms with Crippen LogP contribution in [-0.2, 0) is 4.74 Å². The van der Waals surface area contributed by atoms with E-state index >= 15 is 0 Å². The van der Waals surface area contributed by atoms with Crippen molar-refractivity contribution in [2.45, 2.75) is 38.2 Å². The van der Waals surface area contributed by atoms with Crippen molar-refractivity contribution in [1.29, 1.82) is 0 Å². The molecule has 0 radical (unpaired) electrons. The molecule has 2 amide bonds. The van der Waals surface area contributed by atoms with Gasteiger partial charge in [-0.05, 0) is 100 Å². The number of piperidine rings is 1. The van der Waals surface area contributed by atoms with Crippen LogP contribution in [0, 0.1) is 0 Å². The SMILES string of the molecule is CNC(=O)n1ccc2cc(N(CCC(C)OC)c3ccnc(NC(=O)c4ccc(C5CCN(C)CC5)cc4)c3)ccc21. The van der Waals surface area contributed by atoms with Crippen LogP contribution in [0.4, 0.5) is 22.0 Å². The molecule has 3 heterocycles. The molecule has 9 nitrogen and oxygen atoms in total. The van der Waals surface area contributed by atoms with E-state index in [0.717, 1.165) is 54.6 Å². The first-order valence-corrected chi connectivity index (χ1v) is 14.6. The molecule has 1 saturated heterocycles. The maximum Gasteiger partial charge on any atom is 0.325 e. The fourth-order valence-corrected chi connectivity index (χ4v) is 5.52. The summed E-state index contributed by atoms with van der Waals surface area (Å²) in [5.41, 5.74) is 4.59. The van der Waals surface area contributed by atoms with Crippen LogP contribution in [-0.4, -0.2) is 73.3 Å². The molecule has 1 aliphatic rings. The third-order valence-corrected chi connectivity index (χ3v) is 8.24. The minimum absolute atomic E-state index is 0.0732. The second kappa shape index (κ2) is 13.2. The Hall–Kier alpha value is -4.21. The number of nitrogens with one attached hydrogen (secondary N) is 2. The minimum Gasteiger partial charge on any atom is -0.382 e. The normalized spacial score (nSPS) is 15.0. The molecule has 0 bridgehead atoms. The topological polar surface area (TPSA) is 91.7 Å². The van der Waals surface area contributed by atoms with Gasteiger partial charge in [-0.2, -0.15) is 0 Å². The standard InChI is InChI=1S/C33H40N6O3/c1-23(42-4)12-19-38(28-9-10-30-27(21-28)15-20-39(30)33(41)34-2)29-11-16-35-31(22-29)36-32(40)26-7-5-24(6-8-26)25-13-17-37(3)18-14-25/h5-11,15-16,20-23,25H,12-14,17-19H2,1-4H3,(H,34,41)(H,35,36,40). The summed E-state index contributed by atoms with van der Waals surface area (Å²) in [5, 5.41) is 6.60. The highest BCUT2D eigenvalue weighted by Gasteiger charge is 2.19. The summed E-state index contributed by atoms with van der Waals surface area (Å²) in [4.78, 5) is 34.4. The molecule has 1 unspecified atom stereocenters. The molecule has 1 fully saturated rings. The fraction of sp³-hybridized carbons (Fsp3) is 0.364. The largest absolute Gasteiger partial charge is 0.382 e. The number of ether oxygens (including phenoxy) is 1. The minimum atomic E-state index is -0.189. The zero-order chi connectivity index (χ0) is 29.6. The number of likely N-dealkylation sites (tertiary alicyclic amines) is 1. The van der Waals surface area contributed by atoms with Crippen molar-refractivity contribution in [2.24, 2.45) is 0 Å². The molecule has 2 N–H and O–H groups in total. The molecule has 220 valence electrons. The van der Waals surface area contributed by atoms with E-state index in [4.69, 9.17) is 4.74 Å². The first kappa shape index (κ1) is 29.3. The summed E-state index contributed by atoms with van der Waals surface area (Å²) >= 11 is 0. The smallest absolute Gasteiger partial charge is 0.325 e. The Balaban J connectivity index is 1.35. The first-order valence-electron chi connectivity index (χ1n) is 14.6. The second-order valence-corrected chi connectivity index (χ2v) is 11.0. The molecular formula is C33H40N6O3. The van der Waals surface area contributed by atoms with Gasteiger partial charge in [0, 0.05) is 61.5 Å². The number of methoxy groups -OCH3 is 1. The van der Waals surface area contributed by atoms with Crippen LogP contribution in [0.5, 0.6) is 0 Å². The van der Waals surface area contributed by atoms with Crippen LogP contribution in [0.25, 0.3) is 10.9 Å². The number of amides is 2. The van der Waals surface area contributed by atoms with E-state index < -0.39 is 0 Å². The average molecular weight is 569 g/mol. The van der Waals surface area contributed by atoms with Gasteiger partial charge in [0.05, 0.1) is 11.6 Å². The summed E-state index contributed by atoms with van der Waals surface area (Å²) in [6.07, 6.45) is 6.63. The van der Waals surface area contributed by atoms with Gasteiger partial charge in [-0.3, -0.25) is 9.36 Å². The number of aromatic nitrogens is 2. The Labute approximate surface area is 247 Å². The zero-order valence-corrected chi connectivity index (χ0v) is 24.8. The summed E-state index contributed by atoms with van der Waals surface area (Å²) in [7, 11) is 5.49. The maximum atomic E-state index is 13.2. The predicted octanol–water partition coefficient (Wildman–Crippen LogP) is 5.85. The lowest BCUT2D eigenvalue weighted by molar-refractivity contribution is 0.102. The number of carbonyl (C=O) groups excluding carboxylic acids is 2. The lowest BCUT2D eigenvalue weighted by Gasteiger charge is -2.29. The van der Waals surface area contributed by atoms with Crippen molar-refractivity contribution >= 4 is 40.0 Å². The summed E-state index contributed by atoms with van der Waals surface area (Å²) in [6.45, 7) is 4.94. The van der Waals surface area contributed by atoms with Crippen molar-refractivity contribution in [3.63, 3.8) is 0 Å². The zero-order valence-electron chi connectivity index (χ0n) is 24.8. The molecule has 5 rings (SSSR count). The van der Waals surface area contributed by atoms with Gasteiger partial charge in [0.25, 0.3) is 5.91 Å². The average Bonchev–Trinajstić information content (AvgIpc) is 3.45. The lowest BCUT2D eigenvalue weighted by atomic mass is 9.89. The van der Waals surface area contributed by atoms with E-state index in [1.165, 1.54) is 5.56 Å². The first-order chi connectivity index (χ1) is 20.4. The molecule has 1 aliphatic heterocycles. The van der Waals surface area contributed by atoms with Gasteiger partial charge in [-0.25, -0.2) is 9.78 Å². The number of hydrogen-bond acceptors (Lipinski definition) is 6. The van der Waals surface area contributed by atoms with Crippen molar-refractivity contribution in [2.75, 3.05) is 51.1 Å². The van der Waals surface area contributed by atoms with Gasteiger partial charge in [-0.1, -0.05) is 12.1 Å². The van der Waals surface area contributed by atoms with Crippen molar-refractivity contribution in [1.82, 2.24) is 19.8 Å². The van der Waals surface area contributed by atoms with Crippen molar-refractivity contribution < 1.29 is 14.3 Å². The molecule has 0 spiro atoms. The number of carbonyl (C=O) groups is 2. The number of anilines is 3. The number of pyridine rings is 1. The molecular weight excluding hydrogens is 528 g/mol. The van der Waals surface area contributed by atoms with E-state index in [9.17, 15) is 9.59 Å². The van der Waals surface area contributed by atoms with Gasteiger partial charge in [0.15, 0.2) is 0 Å². The summed E-state index contributed by atoms with van der Waals surface area (Å²) < 4.78 is 7.11. The number of benzene rings is 2. The van der Waals surface area contributed by atoms with Crippen LogP contribution in [0.2, 0.25) is 0 Å². The maximum absolute atomic E-state index is 13.2. The highest BCUT2D eigenvalue weighted by atomic mass is 16.5. The Morgan fingerprint density at radius 2 is 1.79 bits per heavy atom. The van der Waals surface area contributed by atoms with Crippen molar-refractivity contribution in [3.05, 3.63) is 84.2 Å². The monoisotopic (exact) mass is 568 g/mol.